The predicted molar refractivity (Wildman–Crippen MR) is 116 cm³/mol. The van der Waals surface area contributed by atoms with E-state index in [9.17, 15) is 14.9 Å². The molecule has 0 radical (unpaired) electrons. The van der Waals surface area contributed by atoms with Crippen LogP contribution in [0.15, 0.2) is 89.4 Å². The molecule has 154 valence electrons. The summed E-state index contributed by atoms with van der Waals surface area (Å²) in [4.78, 5) is 24.0. The van der Waals surface area contributed by atoms with Crippen LogP contribution in [0.4, 0.5) is 5.69 Å². The molecule has 0 saturated carbocycles. The van der Waals surface area contributed by atoms with Crippen molar-refractivity contribution in [3.8, 4) is 0 Å². The normalized spacial score (nSPS) is 13.8. The highest BCUT2D eigenvalue weighted by Gasteiger charge is 2.27. The first-order chi connectivity index (χ1) is 14.5. The first-order valence-corrected chi connectivity index (χ1v) is 9.80. The number of aryl methyl sites for hydroxylation is 1. The van der Waals surface area contributed by atoms with Gasteiger partial charge < -0.3 is 10.1 Å². The summed E-state index contributed by atoms with van der Waals surface area (Å²) in [5.74, 6) is -0.165. The third kappa shape index (κ3) is 5.23. The number of nitrogens with one attached hydrogen (secondary N) is 1. The van der Waals surface area contributed by atoms with E-state index < -0.39 is 4.92 Å². The van der Waals surface area contributed by atoms with Gasteiger partial charge >= 0.3 is 0 Å². The molecule has 3 rings (SSSR count). The Kier molecular flexibility index (Phi) is 6.80. The van der Waals surface area contributed by atoms with Crippen LogP contribution in [0.1, 0.15) is 31.4 Å². The molecule has 0 aromatic heterocycles. The van der Waals surface area contributed by atoms with Crippen LogP contribution in [0.3, 0.4) is 0 Å². The van der Waals surface area contributed by atoms with Crippen LogP contribution in [0, 0.1) is 10.1 Å². The molecular formula is C24H24N2O4. The zero-order valence-corrected chi connectivity index (χ0v) is 17.1. The van der Waals surface area contributed by atoms with Crippen molar-refractivity contribution >= 4 is 11.6 Å². The van der Waals surface area contributed by atoms with E-state index in [1.165, 1.54) is 5.56 Å². The van der Waals surface area contributed by atoms with Gasteiger partial charge in [-0.15, -0.1) is 0 Å². The highest BCUT2D eigenvalue weighted by molar-refractivity contribution is 6.04. The topological polar surface area (TPSA) is 81.5 Å². The average molecular weight is 404 g/mol. The van der Waals surface area contributed by atoms with E-state index in [2.05, 4.69) is 12.2 Å². The fourth-order valence-corrected chi connectivity index (χ4v) is 3.11. The van der Waals surface area contributed by atoms with E-state index in [0.717, 1.165) is 12.0 Å². The summed E-state index contributed by atoms with van der Waals surface area (Å²) < 4.78 is 5.81. The molecule has 1 aliphatic carbocycles. The lowest BCUT2D eigenvalue weighted by molar-refractivity contribution is -0.430. The van der Waals surface area contributed by atoms with E-state index in [4.69, 9.17) is 4.74 Å². The quantitative estimate of drug-likeness (QED) is 0.510. The molecule has 0 saturated heterocycles. The number of nitrogens with zero attached hydrogens (tertiary/aromatic N) is 1. The number of anilines is 1. The van der Waals surface area contributed by atoms with Crippen molar-refractivity contribution in [1.29, 1.82) is 0 Å². The van der Waals surface area contributed by atoms with Gasteiger partial charge in [-0.1, -0.05) is 61.5 Å². The van der Waals surface area contributed by atoms with Crippen molar-refractivity contribution in [3.63, 3.8) is 0 Å². The van der Waals surface area contributed by atoms with Gasteiger partial charge in [-0.3, -0.25) is 14.9 Å². The average Bonchev–Trinajstić information content (AvgIpc) is 2.92. The number of hydrogen-bond donors (Lipinski definition) is 1. The fraction of sp³-hybridized carbons (Fsp3) is 0.208. The first kappa shape index (κ1) is 21.0. The molecule has 30 heavy (non-hydrogen) atoms. The molecular weight excluding hydrogens is 380 g/mol. The lowest BCUT2D eigenvalue weighted by Crippen LogP contribution is -2.17. The molecule has 1 N–H and O–H groups in total. The summed E-state index contributed by atoms with van der Waals surface area (Å²) >= 11 is 0. The van der Waals surface area contributed by atoms with Gasteiger partial charge in [-0.25, -0.2) is 0 Å². The van der Waals surface area contributed by atoms with Crippen LogP contribution in [0.5, 0.6) is 0 Å². The smallest absolute Gasteiger partial charge is 0.292 e. The van der Waals surface area contributed by atoms with Gasteiger partial charge in [-0.2, -0.15) is 0 Å². The minimum Gasteiger partial charge on any atom is -0.482 e. The Hall–Kier alpha value is -3.67. The molecule has 0 bridgehead atoms. The summed E-state index contributed by atoms with van der Waals surface area (Å²) in [7, 11) is 0. The van der Waals surface area contributed by atoms with Gasteiger partial charge in [0.15, 0.2) is 5.76 Å². The predicted octanol–water partition coefficient (Wildman–Crippen LogP) is 5.17. The molecule has 6 heteroatoms. The minimum absolute atomic E-state index is 0.121. The Balaban J connectivity index is 1.79. The van der Waals surface area contributed by atoms with Crippen LogP contribution in [-0.2, 0) is 22.6 Å². The number of allylic oxidation sites excluding steroid dienone is 4. The van der Waals surface area contributed by atoms with Crippen molar-refractivity contribution in [2.24, 2.45) is 0 Å². The molecule has 0 aliphatic heterocycles. The number of rotatable bonds is 7. The van der Waals surface area contributed by atoms with Crippen molar-refractivity contribution in [2.75, 3.05) is 5.32 Å². The van der Waals surface area contributed by atoms with Crippen molar-refractivity contribution in [2.45, 2.75) is 33.3 Å². The number of amides is 1. The molecule has 2 aromatic carbocycles. The Morgan fingerprint density at radius 3 is 2.40 bits per heavy atom. The van der Waals surface area contributed by atoms with E-state index >= 15 is 0 Å². The summed E-state index contributed by atoms with van der Waals surface area (Å²) in [6, 6.07) is 17.0. The molecule has 0 spiro atoms. The van der Waals surface area contributed by atoms with Gasteiger partial charge in [0.05, 0.1) is 11.3 Å². The third-order valence-electron chi connectivity index (χ3n) is 4.87. The lowest BCUT2D eigenvalue weighted by Gasteiger charge is -2.12. The molecule has 2 aromatic rings. The van der Waals surface area contributed by atoms with Gasteiger partial charge in [0.2, 0.25) is 0 Å². The van der Waals surface area contributed by atoms with Gasteiger partial charge in [0, 0.05) is 11.3 Å². The number of carbonyl (C=O) groups is 1. The molecule has 0 unspecified atom stereocenters. The van der Waals surface area contributed by atoms with Gasteiger partial charge in [0.1, 0.15) is 6.61 Å². The van der Waals surface area contributed by atoms with Crippen LogP contribution in [0.25, 0.3) is 0 Å². The van der Waals surface area contributed by atoms with E-state index in [1.54, 1.807) is 19.1 Å². The van der Waals surface area contributed by atoms with E-state index in [0.29, 0.717) is 16.8 Å². The standard InChI is InChI=1S/C24H24N2O4/c1-3-18-10-13-21(14-11-18)25-24(27)20-12-9-17(2)23(22(15-20)26(28)29)30-16-19-7-5-4-6-8-19/h4-14H,3,15-16H2,1-2H3,(H,25,27). The summed E-state index contributed by atoms with van der Waals surface area (Å²) in [5.41, 5.74) is 3.51. The van der Waals surface area contributed by atoms with Crippen LogP contribution in [0.2, 0.25) is 0 Å². The number of nitro groups is 1. The Morgan fingerprint density at radius 2 is 1.77 bits per heavy atom. The number of benzene rings is 2. The summed E-state index contributed by atoms with van der Waals surface area (Å²) in [5, 5.41) is 14.6. The Labute approximate surface area is 175 Å². The second-order valence-electron chi connectivity index (χ2n) is 7.03. The Morgan fingerprint density at radius 1 is 1.07 bits per heavy atom. The maximum atomic E-state index is 12.7. The zero-order chi connectivity index (χ0) is 21.5. The van der Waals surface area contributed by atoms with Gasteiger partial charge in [-0.05, 0) is 42.2 Å². The summed E-state index contributed by atoms with van der Waals surface area (Å²) in [6.07, 6.45) is 4.09. The SMILES string of the molecule is CCc1ccc(NC(=O)C2=CC=C(C)C(OCc3ccccc3)=C([N+](=O)[O-])C2)cc1. The highest BCUT2D eigenvalue weighted by Crippen LogP contribution is 2.28. The minimum atomic E-state index is -0.472. The maximum Gasteiger partial charge on any atom is 0.292 e. The molecule has 1 aliphatic rings. The first-order valence-electron chi connectivity index (χ1n) is 9.80. The molecule has 1 amide bonds. The van der Waals surface area contributed by atoms with Crippen molar-refractivity contribution < 1.29 is 14.5 Å². The molecule has 0 heterocycles. The monoisotopic (exact) mass is 404 g/mol. The second kappa shape index (κ2) is 9.69. The molecule has 0 fully saturated rings. The molecule has 6 nitrogen and oxygen atoms in total. The van der Waals surface area contributed by atoms with Crippen molar-refractivity contribution in [1.82, 2.24) is 0 Å². The number of ether oxygens (including phenoxy) is 1. The zero-order valence-electron chi connectivity index (χ0n) is 17.1. The molecule has 0 atom stereocenters. The van der Waals surface area contributed by atoms with Crippen LogP contribution < -0.4 is 5.32 Å². The largest absolute Gasteiger partial charge is 0.482 e. The van der Waals surface area contributed by atoms with E-state index in [-0.39, 0.29) is 30.4 Å². The maximum absolute atomic E-state index is 12.7. The van der Waals surface area contributed by atoms with Crippen molar-refractivity contribution in [3.05, 3.63) is 111 Å². The fourth-order valence-electron chi connectivity index (χ4n) is 3.11. The second-order valence-corrected chi connectivity index (χ2v) is 7.03. The Bertz CT molecular complexity index is 1020. The highest BCUT2D eigenvalue weighted by atomic mass is 16.6. The number of hydrogen-bond acceptors (Lipinski definition) is 4. The third-order valence-corrected chi connectivity index (χ3v) is 4.87. The summed E-state index contributed by atoms with van der Waals surface area (Å²) in [6.45, 7) is 4.01. The van der Waals surface area contributed by atoms with E-state index in [1.807, 2.05) is 54.6 Å². The number of carbonyl (C=O) groups excluding carboxylic acids is 1. The van der Waals surface area contributed by atoms with Crippen LogP contribution in [-0.4, -0.2) is 10.8 Å². The van der Waals surface area contributed by atoms with Gasteiger partial charge in [0.25, 0.3) is 11.6 Å². The lowest BCUT2D eigenvalue weighted by atomic mass is 10.1. The van der Waals surface area contributed by atoms with Crippen LogP contribution >= 0.6 is 0 Å².